The third-order valence-corrected chi connectivity index (χ3v) is 4.07. The summed E-state index contributed by atoms with van der Waals surface area (Å²) in [7, 11) is 1.56. The van der Waals surface area contributed by atoms with Crippen molar-refractivity contribution in [3.8, 4) is 5.75 Å². The molecule has 4 heteroatoms. The molecule has 1 aliphatic carbocycles. The van der Waals surface area contributed by atoms with Gasteiger partial charge in [0.1, 0.15) is 5.75 Å². The third-order valence-electron chi connectivity index (χ3n) is 3.77. The van der Waals surface area contributed by atoms with Crippen molar-refractivity contribution in [1.29, 1.82) is 0 Å². The normalized spacial score (nSPS) is 12.9. The molecule has 1 amide bonds. The van der Waals surface area contributed by atoms with Crippen LogP contribution in [-0.4, -0.2) is 13.0 Å². The zero-order valence-corrected chi connectivity index (χ0v) is 12.5. The van der Waals surface area contributed by atoms with Crippen LogP contribution in [0, 0.1) is 0 Å². The van der Waals surface area contributed by atoms with Crippen LogP contribution in [0.3, 0.4) is 0 Å². The molecule has 2 aromatic carbocycles. The second-order valence-corrected chi connectivity index (χ2v) is 5.55. The first-order valence-electron chi connectivity index (χ1n) is 6.94. The number of carbonyl (C=O) groups excluding carboxylic acids is 1. The van der Waals surface area contributed by atoms with Gasteiger partial charge in [-0.25, -0.2) is 0 Å². The van der Waals surface area contributed by atoms with Crippen molar-refractivity contribution in [2.24, 2.45) is 0 Å². The highest BCUT2D eigenvalue weighted by molar-refractivity contribution is 6.32. The van der Waals surface area contributed by atoms with Gasteiger partial charge in [-0.2, -0.15) is 0 Å². The summed E-state index contributed by atoms with van der Waals surface area (Å²) in [6.07, 6.45) is 3.35. The fourth-order valence-corrected chi connectivity index (χ4v) is 2.92. The lowest BCUT2D eigenvalue weighted by molar-refractivity contribution is 0.102. The van der Waals surface area contributed by atoms with Crippen LogP contribution in [0.2, 0.25) is 5.02 Å². The van der Waals surface area contributed by atoms with Gasteiger partial charge in [0.05, 0.1) is 12.1 Å². The molecule has 1 N–H and O–H groups in total. The number of benzene rings is 2. The van der Waals surface area contributed by atoms with Crippen molar-refractivity contribution in [3.63, 3.8) is 0 Å². The van der Waals surface area contributed by atoms with Crippen molar-refractivity contribution in [1.82, 2.24) is 0 Å². The SMILES string of the molecule is COc1ccc(NC(=O)c2ccc3c(c2)CCC3)cc1Cl. The fourth-order valence-electron chi connectivity index (χ4n) is 2.66. The Morgan fingerprint density at radius 1 is 1.14 bits per heavy atom. The van der Waals surface area contributed by atoms with Crippen LogP contribution in [-0.2, 0) is 12.8 Å². The van der Waals surface area contributed by atoms with Gasteiger partial charge in [0.15, 0.2) is 0 Å². The maximum atomic E-state index is 12.3. The average molecular weight is 302 g/mol. The highest BCUT2D eigenvalue weighted by Gasteiger charge is 2.14. The van der Waals surface area contributed by atoms with Gasteiger partial charge in [0.2, 0.25) is 0 Å². The van der Waals surface area contributed by atoms with Crippen LogP contribution in [0.15, 0.2) is 36.4 Å². The molecule has 0 saturated carbocycles. The molecular formula is C17H16ClNO2. The second-order valence-electron chi connectivity index (χ2n) is 5.14. The van der Waals surface area contributed by atoms with Crippen molar-refractivity contribution in [2.45, 2.75) is 19.3 Å². The molecule has 2 aromatic rings. The second kappa shape index (κ2) is 5.78. The number of ether oxygens (including phenoxy) is 1. The van der Waals surface area contributed by atoms with E-state index in [1.165, 1.54) is 17.5 Å². The molecule has 3 nitrogen and oxygen atoms in total. The smallest absolute Gasteiger partial charge is 0.255 e. The molecular weight excluding hydrogens is 286 g/mol. The Morgan fingerprint density at radius 2 is 1.95 bits per heavy atom. The first kappa shape index (κ1) is 14.0. The zero-order valence-electron chi connectivity index (χ0n) is 11.8. The van der Waals surface area contributed by atoms with E-state index in [1.807, 2.05) is 12.1 Å². The van der Waals surface area contributed by atoms with Crippen LogP contribution in [0.4, 0.5) is 5.69 Å². The lowest BCUT2D eigenvalue weighted by atomic mass is 10.1. The molecule has 0 heterocycles. The summed E-state index contributed by atoms with van der Waals surface area (Å²) in [4.78, 5) is 12.3. The molecule has 21 heavy (non-hydrogen) atoms. The van der Waals surface area contributed by atoms with E-state index < -0.39 is 0 Å². The Labute approximate surface area is 128 Å². The van der Waals surface area contributed by atoms with Crippen molar-refractivity contribution < 1.29 is 9.53 Å². The minimum atomic E-state index is -0.120. The molecule has 0 fully saturated rings. The molecule has 0 saturated heterocycles. The van der Waals surface area contributed by atoms with Gasteiger partial charge in [-0.3, -0.25) is 4.79 Å². The van der Waals surface area contributed by atoms with Gasteiger partial charge in [-0.05, 0) is 60.7 Å². The number of halogens is 1. The van der Waals surface area contributed by atoms with Gasteiger partial charge >= 0.3 is 0 Å². The molecule has 108 valence electrons. The number of carbonyl (C=O) groups is 1. The minimum Gasteiger partial charge on any atom is -0.495 e. The Hall–Kier alpha value is -2.00. The lowest BCUT2D eigenvalue weighted by Gasteiger charge is -2.09. The number of hydrogen-bond donors (Lipinski definition) is 1. The summed E-state index contributed by atoms with van der Waals surface area (Å²) in [5.74, 6) is 0.470. The van der Waals surface area contributed by atoms with Gasteiger partial charge in [-0.1, -0.05) is 17.7 Å². The van der Waals surface area contributed by atoms with E-state index in [4.69, 9.17) is 16.3 Å². The van der Waals surface area contributed by atoms with Crippen molar-refractivity contribution in [2.75, 3.05) is 12.4 Å². The number of aryl methyl sites for hydroxylation is 2. The lowest BCUT2D eigenvalue weighted by Crippen LogP contribution is -2.12. The van der Waals surface area contributed by atoms with Crippen molar-refractivity contribution >= 4 is 23.2 Å². The summed E-state index contributed by atoms with van der Waals surface area (Å²) in [5, 5.41) is 3.34. The van der Waals surface area contributed by atoms with Crippen LogP contribution >= 0.6 is 11.6 Å². The minimum absolute atomic E-state index is 0.120. The Morgan fingerprint density at radius 3 is 2.71 bits per heavy atom. The summed E-state index contributed by atoms with van der Waals surface area (Å²) in [6, 6.07) is 11.1. The maximum absolute atomic E-state index is 12.3. The number of anilines is 1. The molecule has 1 aliphatic rings. The van der Waals surface area contributed by atoms with E-state index >= 15 is 0 Å². The van der Waals surface area contributed by atoms with E-state index in [0.29, 0.717) is 22.0 Å². The Kier molecular flexibility index (Phi) is 3.84. The van der Waals surface area contributed by atoms with Crippen LogP contribution in [0.5, 0.6) is 5.75 Å². The number of hydrogen-bond acceptors (Lipinski definition) is 2. The predicted octanol–water partition coefficient (Wildman–Crippen LogP) is 4.09. The predicted molar refractivity (Wildman–Crippen MR) is 84.4 cm³/mol. The quantitative estimate of drug-likeness (QED) is 0.927. The molecule has 0 unspecified atom stereocenters. The van der Waals surface area contributed by atoms with E-state index in [2.05, 4.69) is 11.4 Å². The average Bonchev–Trinajstić information content (AvgIpc) is 2.94. The van der Waals surface area contributed by atoms with E-state index in [9.17, 15) is 4.79 Å². The number of fused-ring (bicyclic) bond motifs is 1. The van der Waals surface area contributed by atoms with Gasteiger partial charge in [0, 0.05) is 11.3 Å². The summed E-state index contributed by atoms with van der Waals surface area (Å²) in [5.41, 5.74) is 3.99. The number of methoxy groups -OCH3 is 1. The molecule has 0 spiro atoms. The number of nitrogens with one attached hydrogen (secondary N) is 1. The van der Waals surface area contributed by atoms with Crippen LogP contribution < -0.4 is 10.1 Å². The van der Waals surface area contributed by atoms with Crippen LogP contribution in [0.25, 0.3) is 0 Å². The van der Waals surface area contributed by atoms with E-state index in [-0.39, 0.29) is 5.91 Å². The molecule has 3 rings (SSSR count). The first-order chi connectivity index (χ1) is 10.2. The zero-order chi connectivity index (χ0) is 14.8. The highest BCUT2D eigenvalue weighted by atomic mass is 35.5. The van der Waals surface area contributed by atoms with E-state index in [1.54, 1.807) is 25.3 Å². The highest BCUT2D eigenvalue weighted by Crippen LogP contribution is 2.28. The standard InChI is InChI=1S/C17H16ClNO2/c1-21-16-8-7-14(10-15(16)18)19-17(20)13-6-5-11-3-2-4-12(11)9-13/h5-10H,2-4H2,1H3,(H,19,20). The topological polar surface area (TPSA) is 38.3 Å². The fraction of sp³-hybridized carbons (Fsp3) is 0.235. The van der Waals surface area contributed by atoms with Crippen LogP contribution in [0.1, 0.15) is 27.9 Å². The monoisotopic (exact) mass is 301 g/mol. The number of amides is 1. The maximum Gasteiger partial charge on any atom is 0.255 e. The van der Waals surface area contributed by atoms with Gasteiger partial charge < -0.3 is 10.1 Å². The van der Waals surface area contributed by atoms with Gasteiger partial charge in [0.25, 0.3) is 5.91 Å². The molecule has 0 aromatic heterocycles. The molecule has 0 radical (unpaired) electrons. The third kappa shape index (κ3) is 2.88. The number of rotatable bonds is 3. The molecule has 0 aliphatic heterocycles. The first-order valence-corrected chi connectivity index (χ1v) is 7.32. The molecule has 0 atom stereocenters. The Bertz CT molecular complexity index is 697. The summed E-state index contributed by atoms with van der Waals surface area (Å²) < 4.78 is 5.10. The molecule has 0 bridgehead atoms. The Balaban J connectivity index is 1.78. The van der Waals surface area contributed by atoms with Crippen molar-refractivity contribution in [3.05, 3.63) is 58.1 Å². The largest absolute Gasteiger partial charge is 0.495 e. The van der Waals surface area contributed by atoms with E-state index in [0.717, 1.165) is 12.8 Å². The summed E-state index contributed by atoms with van der Waals surface area (Å²) >= 11 is 6.06. The summed E-state index contributed by atoms with van der Waals surface area (Å²) in [6.45, 7) is 0. The van der Waals surface area contributed by atoms with Gasteiger partial charge in [-0.15, -0.1) is 0 Å².